The van der Waals surface area contributed by atoms with Gasteiger partial charge in [0.1, 0.15) is 12.4 Å². The molecule has 0 amide bonds. The van der Waals surface area contributed by atoms with E-state index in [4.69, 9.17) is 16.7 Å². The normalized spacial score (nSPS) is 12.0. The van der Waals surface area contributed by atoms with Crippen LogP contribution in [0.4, 0.5) is 10.1 Å². The molecule has 6 heteroatoms. The van der Waals surface area contributed by atoms with Crippen molar-refractivity contribution in [2.75, 3.05) is 11.4 Å². The lowest BCUT2D eigenvalue weighted by molar-refractivity contribution is -0.135. The molecule has 0 aliphatic rings. The number of hydrogen-bond donors (Lipinski definition) is 1. The Hall–Kier alpha value is -2.14. The van der Waals surface area contributed by atoms with E-state index in [9.17, 15) is 9.18 Å². The minimum Gasteiger partial charge on any atom is -0.480 e. The minimum absolute atomic E-state index is 0.209. The van der Waals surface area contributed by atoms with Gasteiger partial charge in [0.05, 0.1) is 12.2 Å². The molecular weight excluding hydrogens is 295 g/mol. The number of anilines is 1. The molecule has 0 bridgehead atoms. The number of nitrogens with zero attached hydrogens (tertiary/aromatic N) is 2. The predicted molar refractivity (Wildman–Crippen MR) is 79.0 cm³/mol. The summed E-state index contributed by atoms with van der Waals surface area (Å²) >= 11 is 5.85. The highest BCUT2D eigenvalue weighted by Crippen LogP contribution is 2.27. The van der Waals surface area contributed by atoms with Crippen LogP contribution in [0.25, 0.3) is 0 Å². The van der Waals surface area contributed by atoms with Crippen molar-refractivity contribution in [1.29, 1.82) is 0 Å². The van der Waals surface area contributed by atoms with E-state index in [1.807, 2.05) is 0 Å². The third kappa shape index (κ3) is 3.92. The van der Waals surface area contributed by atoms with Crippen LogP contribution in [0.5, 0.6) is 0 Å². The van der Waals surface area contributed by atoms with Gasteiger partial charge in [-0.25, -0.2) is 4.39 Å². The number of halogens is 2. The lowest BCUT2D eigenvalue weighted by Crippen LogP contribution is -2.32. The van der Waals surface area contributed by atoms with E-state index >= 15 is 0 Å². The number of carbonyl (C=O) groups is 1. The van der Waals surface area contributed by atoms with Crippen molar-refractivity contribution in [1.82, 2.24) is 4.98 Å². The molecule has 0 fully saturated rings. The highest BCUT2D eigenvalue weighted by molar-refractivity contribution is 6.30. The summed E-state index contributed by atoms with van der Waals surface area (Å²) in [6, 6.07) is 7.83. The van der Waals surface area contributed by atoms with Gasteiger partial charge in [-0.3, -0.25) is 9.78 Å². The Kier molecular flexibility index (Phi) is 4.75. The van der Waals surface area contributed by atoms with Crippen LogP contribution in [0.1, 0.15) is 18.5 Å². The number of rotatable bonds is 5. The number of aliphatic carboxylic acids is 1. The molecule has 2 aromatic rings. The van der Waals surface area contributed by atoms with Crippen molar-refractivity contribution in [3.8, 4) is 0 Å². The molecule has 1 aromatic carbocycles. The number of aromatic nitrogens is 1. The molecular formula is C15H14ClFN2O2. The number of carboxylic acid groups (broad SMARTS) is 1. The van der Waals surface area contributed by atoms with Crippen LogP contribution in [0.15, 0.2) is 42.7 Å². The number of hydrogen-bond acceptors (Lipinski definition) is 3. The van der Waals surface area contributed by atoms with E-state index in [0.717, 1.165) is 6.20 Å². The largest absolute Gasteiger partial charge is 0.480 e. The summed E-state index contributed by atoms with van der Waals surface area (Å²) in [5.41, 5.74) is 1.30. The van der Waals surface area contributed by atoms with Crippen molar-refractivity contribution in [3.05, 3.63) is 59.1 Å². The minimum atomic E-state index is -0.971. The summed E-state index contributed by atoms with van der Waals surface area (Å²) in [4.78, 5) is 16.5. The average Bonchev–Trinajstić information content (AvgIpc) is 2.45. The Labute approximate surface area is 126 Å². The van der Waals surface area contributed by atoms with Gasteiger partial charge in [-0.1, -0.05) is 11.6 Å². The van der Waals surface area contributed by atoms with Gasteiger partial charge in [-0.05, 0) is 42.8 Å². The Morgan fingerprint density at radius 1 is 1.38 bits per heavy atom. The number of carboxylic acids is 1. The summed E-state index contributed by atoms with van der Waals surface area (Å²) in [5, 5.41) is 9.66. The van der Waals surface area contributed by atoms with Gasteiger partial charge >= 0.3 is 5.97 Å². The van der Waals surface area contributed by atoms with Crippen LogP contribution in [0, 0.1) is 5.82 Å². The zero-order chi connectivity index (χ0) is 15.4. The maximum absolute atomic E-state index is 13.3. The maximum atomic E-state index is 13.3. The number of benzene rings is 1. The fourth-order valence-electron chi connectivity index (χ4n) is 2.07. The zero-order valence-electron chi connectivity index (χ0n) is 11.3. The van der Waals surface area contributed by atoms with Gasteiger partial charge in [0.2, 0.25) is 0 Å². The quantitative estimate of drug-likeness (QED) is 0.918. The summed E-state index contributed by atoms with van der Waals surface area (Å²) < 4.78 is 13.3. The summed E-state index contributed by atoms with van der Waals surface area (Å²) in [6.45, 7) is 1.59. The summed E-state index contributed by atoms with van der Waals surface area (Å²) in [7, 11) is 0. The molecule has 0 spiro atoms. The first-order chi connectivity index (χ1) is 9.97. The van der Waals surface area contributed by atoms with Gasteiger partial charge in [-0.2, -0.15) is 0 Å². The van der Waals surface area contributed by atoms with E-state index in [2.05, 4.69) is 4.98 Å². The summed E-state index contributed by atoms with van der Waals surface area (Å²) in [5.74, 6) is -1.42. The van der Waals surface area contributed by atoms with Crippen LogP contribution in [0.2, 0.25) is 5.02 Å². The standard InChI is InChI=1S/C15H14ClFN2O2/c1-10(11-6-13(17)8-18-7-11)19(9-15(20)21)14-4-2-12(16)3-5-14/h2-8,10H,9H2,1H3,(H,20,21). The van der Waals surface area contributed by atoms with Gasteiger partial charge in [0.15, 0.2) is 0 Å². The van der Waals surface area contributed by atoms with Crippen molar-refractivity contribution in [2.45, 2.75) is 13.0 Å². The second-order valence-electron chi connectivity index (χ2n) is 4.61. The van der Waals surface area contributed by atoms with E-state index in [-0.39, 0.29) is 12.6 Å². The van der Waals surface area contributed by atoms with Gasteiger partial charge < -0.3 is 10.0 Å². The van der Waals surface area contributed by atoms with Gasteiger partial charge in [-0.15, -0.1) is 0 Å². The van der Waals surface area contributed by atoms with Crippen LogP contribution in [0.3, 0.4) is 0 Å². The van der Waals surface area contributed by atoms with Crippen LogP contribution >= 0.6 is 11.6 Å². The molecule has 0 saturated heterocycles. The summed E-state index contributed by atoms with van der Waals surface area (Å²) in [6.07, 6.45) is 2.64. The van der Waals surface area contributed by atoms with Gasteiger partial charge in [0, 0.05) is 16.9 Å². The second-order valence-corrected chi connectivity index (χ2v) is 5.05. The molecule has 2 rings (SSSR count). The molecule has 1 N–H and O–H groups in total. The fraction of sp³-hybridized carbons (Fsp3) is 0.200. The Morgan fingerprint density at radius 2 is 2.05 bits per heavy atom. The van der Waals surface area contributed by atoms with Crippen molar-refractivity contribution in [3.63, 3.8) is 0 Å². The van der Waals surface area contributed by atoms with E-state index in [1.54, 1.807) is 36.1 Å². The Bertz CT molecular complexity index is 634. The average molecular weight is 309 g/mol. The fourth-order valence-corrected chi connectivity index (χ4v) is 2.19. The lowest BCUT2D eigenvalue weighted by Gasteiger charge is -2.30. The molecule has 1 aromatic heterocycles. The Morgan fingerprint density at radius 3 is 2.62 bits per heavy atom. The van der Waals surface area contributed by atoms with Gasteiger partial charge in [0.25, 0.3) is 0 Å². The second kappa shape index (κ2) is 6.54. The third-order valence-corrected chi connectivity index (χ3v) is 3.39. The van der Waals surface area contributed by atoms with Crippen LogP contribution in [-0.2, 0) is 4.79 Å². The maximum Gasteiger partial charge on any atom is 0.323 e. The molecule has 1 heterocycles. The van der Waals surface area contributed by atoms with Crippen LogP contribution < -0.4 is 4.90 Å². The molecule has 110 valence electrons. The first-order valence-corrected chi connectivity index (χ1v) is 6.69. The van der Waals surface area contributed by atoms with Crippen molar-refractivity contribution in [2.24, 2.45) is 0 Å². The smallest absolute Gasteiger partial charge is 0.323 e. The SMILES string of the molecule is CC(c1cncc(F)c1)N(CC(=O)O)c1ccc(Cl)cc1. The van der Waals surface area contributed by atoms with Crippen molar-refractivity contribution >= 4 is 23.3 Å². The predicted octanol–water partition coefficient (Wildman–Crippen LogP) is 3.53. The molecule has 0 aliphatic carbocycles. The molecule has 1 atom stereocenters. The molecule has 0 aliphatic heterocycles. The first kappa shape index (κ1) is 15.3. The molecule has 21 heavy (non-hydrogen) atoms. The van der Waals surface area contributed by atoms with E-state index in [1.165, 1.54) is 12.3 Å². The molecule has 0 saturated carbocycles. The van der Waals surface area contributed by atoms with Crippen LogP contribution in [-0.4, -0.2) is 22.6 Å². The number of pyridine rings is 1. The monoisotopic (exact) mass is 308 g/mol. The molecule has 0 radical (unpaired) electrons. The highest BCUT2D eigenvalue weighted by atomic mass is 35.5. The lowest BCUT2D eigenvalue weighted by atomic mass is 10.1. The Balaban J connectivity index is 2.35. The van der Waals surface area contributed by atoms with Crippen molar-refractivity contribution < 1.29 is 14.3 Å². The molecule has 1 unspecified atom stereocenters. The van der Waals surface area contributed by atoms with E-state index in [0.29, 0.717) is 16.3 Å². The highest BCUT2D eigenvalue weighted by Gasteiger charge is 2.19. The van der Waals surface area contributed by atoms with E-state index < -0.39 is 11.8 Å². The third-order valence-electron chi connectivity index (χ3n) is 3.14. The topological polar surface area (TPSA) is 53.4 Å². The zero-order valence-corrected chi connectivity index (χ0v) is 12.1. The molecule has 4 nitrogen and oxygen atoms in total. The first-order valence-electron chi connectivity index (χ1n) is 6.32.